The molecule has 0 amide bonds. The van der Waals surface area contributed by atoms with Crippen LogP contribution in [0.2, 0.25) is 0 Å². The number of carbonyl (C=O) groups is 2. The molecular formula is C19H19NO6S. The average molecular weight is 389 g/mol. The molecule has 0 fully saturated rings. The largest absolute Gasteiger partial charge is 0.493 e. The Kier molecular flexibility index (Phi) is 6.86. The van der Waals surface area contributed by atoms with Crippen molar-refractivity contribution in [3.05, 3.63) is 65.7 Å². The number of rotatable bonds is 9. The molecule has 0 aromatic heterocycles. The van der Waals surface area contributed by atoms with Gasteiger partial charge in [-0.05, 0) is 49.4 Å². The summed E-state index contributed by atoms with van der Waals surface area (Å²) in [5.41, 5.74) is 1.06. The molecule has 0 unspecified atom stereocenters. The summed E-state index contributed by atoms with van der Waals surface area (Å²) in [5.74, 6) is -0.929. The Morgan fingerprint density at radius 1 is 1.11 bits per heavy atom. The lowest BCUT2D eigenvalue weighted by Crippen LogP contribution is -2.29. The fourth-order valence-electron chi connectivity index (χ4n) is 2.21. The molecule has 2 aromatic carbocycles. The number of sulfonamides is 1. The molecule has 0 saturated carbocycles. The third kappa shape index (κ3) is 5.77. The molecule has 7 nitrogen and oxygen atoms in total. The number of benzene rings is 2. The lowest BCUT2D eigenvalue weighted by atomic mass is 10.1. The number of carboxylic acid groups (broad SMARTS) is 1. The average Bonchev–Trinajstić information content (AvgIpc) is 2.66. The molecule has 142 valence electrons. The van der Waals surface area contributed by atoms with Crippen molar-refractivity contribution in [2.45, 2.75) is 11.8 Å². The highest BCUT2D eigenvalue weighted by atomic mass is 32.2. The summed E-state index contributed by atoms with van der Waals surface area (Å²) in [6.45, 7) is 1.65. The van der Waals surface area contributed by atoms with Crippen molar-refractivity contribution in [2.24, 2.45) is 0 Å². The maximum Gasteiger partial charge on any atom is 0.318 e. The first-order valence-electron chi connectivity index (χ1n) is 8.09. The Morgan fingerprint density at radius 2 is 1.78 bits per heavy atom. The molecule has 0 heterocycles. The van der Waals surface area contributed by atoms with Crippen molar-refractivity contribution in [3.8, 4) is 5.75 Å². The van der Waals surface area contributed by atoms with E-state index in [1.165, 1.54) is 30.3 Å². The molecule has 0 atom stereocenters. The number of hydrogen-bond donors (Lipinski definition) is 2. The van der Waals surface area contributed by atoms with Gasteiger partial charge in [0.05, 0.1) is 11.5 Å². The quantitative estimate of drug-likeness (QED) is 0.503. The van der Waals surface area contributed by atoms with Crippen molar-refractivity contribution >= 4 is 27.9 Å². The minimum Gasteiger partial charge on any atom is -0.493 e. The monoisotopic (exact) mass is 389 g/mol. The Hall–Kier alpha value is -2.97. The zero-order valence-electron chi connectivity index (χ0n) is 14.6. The Bertz CT molecular complexity index is 948. The van der Waals surface area contributed by atoms with Crippen LogP contribution in [-0.4, -0.2) is 38.4 Å². The zero-order valence-corrected chi connectivity index (χ0v) is 15.4. The van der Waals surface area contributed by atoms with Crippen LogP contribution in [0.5, 0.6) is 5.75 Å². The second-order valence-corrected chi connectivity index (χ2v) is 7.18. The van der Waals surface area contributed by atoms with Crippen LogP contribution < -0.4 is 9.46 Å². The summed E-state index contributed by atoms with van der Waals surface area (Å²) < 4.78 is 31.3. The number of nitrogens with one attached hydrogen (secondary N) is 1. The van der Waals surface area contributed by atoms with E-state index in [0.717, 1.165) is 5.56 Å². The maximum atomic E-state index is 12.3. The van der Waals surface area contributed by atoms with E-state index in [0.29, 0.717) is 17.9 Å². The van der Waals surface area contributed by atoms with Crippen LogP contribution in [0.3, 0.4) is 0 Å². The van der Waals surface area contributed by atoms with Crippen LogP contribution in [0.15, 0.2) is 59.5 Å². The molecule has 2 aromatic rings. The van der Waals surface area contributed by atoms with Crippen molar-refractivity contribution in [3.63, 3.8) is 0 Å². The first-order chi connectivity index (χ1) is 12.8. The number of para-hydroxylation sites is 1. The number of ketones is 1. The second kappa shape index (κ2) is 9.11. The minimum atomic E-state index is -3.94. The van der Waals surface area contributed by atoms with Crippen LogP contribution >= 0.6 is 0 Å². The molecule has 0 spiro atoms. The molecule has 0 aliphatic heterocycles. The summed E-state index contributed by atoms with van der Waals surface area (Å²) in [6.07, 6.45) is 3.01. The van der Waals surface area contributed by atoms with Crippen LogP contribution in [0.4, 0.5) is 0 Å². The fourth-order valence-corrected chi connectivity index (χ4v) is 3.18. The van der Waals surface area contributed by atoms with Crippen molar-refractivity contribution in [1.29, 1.82) is 0 Å². The lowest BCUT2D eigenvalue weighted by Gasteiger charge is -2.06. The molecule has 2 N–H and O–H groups in total. The summed E-state index contributed by atoms with van der Waals surface area (Å²) in [4.78, 5) is 22.7. The second-order valence-electron chi connectivity index (χ2n) is 5.41. The Balaban J connectivity index is 2.13. The molecule has 0 aliphatic rings. The summed E-state index contributed by atoms with van der Waals surface area (Å²) in [5, 5.41) is 8.56. The third-order valence-electron chi connectivity index (χ3n) is 3.50. The minimum absolute atomic E-state index is 0.119. The summed E-state index contributed by atoms with van der Waals surface area (Å²) in [6, 6.07) is 12.5. The van der Waals surface area contributed by atoms with Gasteiger partial charge >= 0.3 is 5.97 Å². The van der Waals surface area contributed by atoms with Gasteiger partial charge in [-0.2, -0.15) is 4.72 Å². The smallest absolute Gasteiger partial charge is 0.318 e. The van der Waals surface area contributed by atoms with Crippen LogP contribution in [0.25, 0.3) is 6.08 Å². The van der Waals surface area contributed by atoms with Gasteiger partial charge in [-0.15, -0.1) is 0 Å². The van der Waals surface area contributed by atoms with E-state index in [2.05, 4.69) is 0 Å². The summed E-state index contributed by atoms with van der Waals surface area (Å²) >= 11 is 0. The van der Waals surface area contributed by atoms with Gasteiger partial charge in [0.1, 0.15) is 12.3 Å². The van der Waals surface area contributed by atoms with Gasteiger partial charge in [0.15, 0.2) is 5.78 Å². The highest BCUT2D eigenvalue weighted by Crippen LogP contribution is 2.20. The van der Waals surface area contributed by atoms with Crippen LogP contribution in [0, 0.1) is 0 Å². The fraction of sp³-hybridized carbons (Fsp3) is 0.158. The van der Waals surface area contributed by atoms with Crippen molar-refractivity contribution in [2.75, 3.05) is 13.2 Å². The van der Waals surface area contributed by atoms with E-state index >= 15 is 0 Å². The molecule has 0 bridgehead atoms. The Morgan fingerprint density at radius 3 is 2.41 bits per heavy atom. The van der Waals surface area contributed by atoms with E-state index in [-0.39, 0.29) is 10.7 Å². The van der Waals surface area contributed by atoms with Gasteiger partial charge in [0.2, 0.25) is 10.0 Å². The zero-order chi connectivity index (χ0) is 19.9. The number of carboxylic acids is 1. The van der Waals surface area contributed by atoms with E-state index in [9.17, 15) is 18.0 Å². The SMILES string of the molecule is CCOc1ccccc1/C=C/C(=O)c1ccc(S(=O)(=O)NCC(=O)O)cc1. The predicted octanol–water partition coefficient (Wildman–Crippen LogP) is 2.34. The molecule has 0 aliphatic carbocycles. The molecule has 2 rings (SSSR count). The molecular weight excluding hydrogens is 370 g/mol. The summed E-state index contributed by atoms with van der Waals surface area (Å²) in [7, 11) is -3.94. The van der Waals surface area contributed by atoms with Gasteiger partial charge in [-0.25, -0.2) is 8.42 Å². The number of hydrogen-bond acceptors (Lipinski definition) is 5. The van der Waals surface area contributed by atoms with Crippen LogP contribution in [0.1, 0.15) is 22.8 Å². The highest BCUT2D eigenvalue weighted by molar-refractivity contribution is 7.89. The first kappa shape index (κ1) is 20.3. The van der Waals surface area contributed by atoms with E-state index in [4.69, 9.17) is 9.84 Å². The molecule has 8 heteroatoms. The van der Waals surface area contributed by atoms with E-state index < -0.39 is 22.5 Å². The number of aliphatic carboxylic acids is 1. The molecule has 0 radical (unpaired) electrons. The first-order valence-corrected chi connectivity index (χ1v) is 9.57. The standard InChI is InChI=1S/C19H19NO6S/c1-2-26-18-6-4-3-5-15(18)9-12-17(21)14-7-10-16(11-8-14)27(24,25)20-13-19(22)23/h3-12,20H,2,13H2,1H3,(H,22,23)/b12-9+. The normalized spacial score (nSPS) is 11.4. The van der Waals surface area contributed by atoms with Gasteiger partial charge in [0.25, 0.3) is 0 Å². The lowest BCUT2D eigenvalue weighted by molar-refractivity contribution is -0.135. The number of ether oxygens (including phenoxy) is 1. The van der Waals surface area contributed by atoms with Gasteiger partial charge in [-0.1, -0.05) is 18.2 Å². The van der Waals surface area contributed by atoms with E-state index in [1.54, 1.807) is 12.1 Å². The number of allylic oxidation sites excluding steroid dienone is 1. The van der Waals surface area contributed by atoms with Gasteiger partial charge in [-0.3, -0.25) is 9.59 Å². The van der Waals surface area contributed by atoms with Crippen molar-refractivity contribution < 1.29 is 27.9 Å². The topological polar surface area (TPSA) is 110 Å². The molecule has 0 saturated heterocycles. The molecule has 27 heavy (non-hydrogen) atoms. The van der Waals surface area contributed by atoms with Gasteiger partial charge < -0.3 is 9.84 Å². The van der Waals surface area contributed by atoms with E-state index in [1.807, 2.05) is 29.8 Å². The number of carbonyl (C=O) groups excluding carboxylic acids is 1. The highest BCUT2D eigenvalue weighted by Gasteiger charge is 2.15. The van der Waals surface area contributed by atoms with Gasteiger partial charge in [0, 0.05) is 11.1 Å². The van der Waals surface area contributed by atoms with Crippen molar-refractivity contribution in [1.82, 2.24) is 4.72 Å². The third-order valence-corrected chi connectivity index (χ3v) is 4.91. The predicted molar refractivity (Wildman–Crippen MR) is 100 cm³/mol. The maximum absolute atomic E-state index is 12.3. The Labute approximate surface area is 157 Å². The van der Waals surface area contributed by atoms with Crippen LogP contribution in [-0.2, 0) is 14.8 Å².